The minimum absolute atomic E-state index is 0.0530. The molecule has 2 heterocycles. The summed E-state index contributed by atoms with van der Waals surface area (Å²) in [6, 6.07) is 20.1. The summed E-state index contributed by atoms with van der Waals surface area (Å²) in [5.41, 5.74) is 4.04. The number of para-hydroxylation sites is 1. The van der Waals surface area contributed by atoms with Gasteiger partial charge in [-0.15, -0.1) is 0 Å². The van der Waals surface area contributed by atoms with E-state index in [2.05, 4.69) is 16.4 Å². The van der Waals surface area contributed by atoms with Crippen LogP contribution >= 0.6 is 0 Å². The Bertz CT molecular complexity index is 893. The number of pyridine rings is 1. The van der Waals surface area contributed by atoms with Crippen LogP contribution in [-0.2, 0) is 13.0 Å². The minimum atomic E-state index is -0.0530. The molecule has 1 aromatic heterocycles. The van der Waals surface area contributed by atoms with Crippen LogP contribution in [0.1, 0.15) is 11.1 Å². The van der Waals surface area contributed by atoms with Gasteiger partial charge in [-0.1, -0.05) is 48.5 Å². The molecule has 2 N–H and O–H groups in total. The fraction of sp³-hybridized carbons (Fsp3) is 0.190. The Morgan fingerprint density at radius 3 is 2.68 bits per heavy atom. The molecule has 126 valence electrons. The number of hydrogen-bond acceptors (Lipinski definition) is 3. The van der Waals surface area contributed by atoms with Crippen molar-refractivity contribution in [2.45, 2.75) is 19.1 Å². The van der Waals surface area contributed by atoms with Crippen LogP contribution in [0.3, 0.4) is 0 Å². The van der Waals surface area contributed by atoms with Crippen molar-refractivity contribution in [2.75, 3.05) is 6.54 Å². The maximum absolute atomic E-state index is 12.1. The van der Waals surface area contributed by atoms with Gasteiger partial charge in [0.05, 0.1) is 0 Å². The fourth-order valence-electron chi connectivity index (χ4n) is 3.20. The van der Waals surface area contributed by atoms with Gasteiger partial charge in [0.15, 0.2) is 0 Å². The van der Waals surface area contributed by atoms with Gasteiger partial charge in [-0.05, 0) is 28.8 Å². The molecule has 0 amide bonds. The second kappa shape index (κ2) is 6.95. The first-order valence-corrected chi connectivity index (χ1v) is 8.52. The molecule has 0 aliphatic carbocycles. The average molecular weight is 332 g/mol. The van der Waals surface area contributed by atoms with E-state index < -0.39 is 0 Å². The number of aromatic amines is 1. The molecule has 3 aromatic rings. The highest BCUT2D eigenvalue weighted by Gasteiger charge is 2.21. The second-order valence-corrected chi connectivity index (χ2v) is 6.29. The van der Waals surface area contributed by atoms with E-state index in [0.29, 0.717) is 13.1 Å². The molecule has 0 saturated heterocycles. The van der Waals surface area contributed by atoms with Crippen LogP contribution in [-0.4, -0.2) is 17.6 Å². The van der Waals surface area contributed by atoms with Crippen LogP contribution in [0, 0.1) is 0 Å². The maximum atomic E-state index is 12.1. The molecule has 1 atom stereocenters. The molecule has 1 unspecified atom stereocenters. The number of rotatable bonds is 5. The number of H-pyrrole nitrogens is 1. The van der Waals surface area contributed by atoms with Crippen LogP contribution < -0.4 is 15.6 Å². The zero-order chi connectivity index (χ0) is 17.1. The Hall–Kier alpha value is -2.85. The summed E-state index contributed by atoms with van der Waals surface area (Å²) in [6.45, 7) is 1.23. The molecular formula is C21H20N2O2. The average Bonchev–Trinajstić information content (AvgIpc) is 3.07. The third-order valence-electron chi connectivity index (χ3n) is 4.49. The van der Waals surface area contributed by atoms with Crippen LogP contribution in [0.4, 0.5) is 0 Å². The van der Waals surface area contributed by atoms with Gasteiger partial charge in [-0.25, -0.2) is 0 Å². The normalized spacial score (nSPS) is 15.6. The molecule has 2 aromatic carbocycles. The van der Waals surface area contributed by atoms with Crippen LogP contribution in [0.5, 0.6) is 5.75 Å². The summed E-state index contributed by atoms with van der Waals surface area (Å²) in [4.78, 5) is 14.9. The smallest absolute Gasteiger partial charge is 0.252 e. The summed E-state index contributed by atoms with van der Waals surface area (Å²) in [5.74, 6) is 0.971. The highest BCUT2D eigenvalue weighted by atomic mass is 16.5. The van der Waals surface area contributed by atoms with Gasteiger partial charge < -0.3 is 15.0 Å². The van der Waals surface area contributed by atoms with Gasteiger partial charge in [-0.2, -0.15) is 0 Å². The van der Waals surface area contributed by atoms with Crippen molar-refractivity contribution in [2.24, 2.45) is 0 Å². The van der Waals surface area contributed by atoms with Crippen molar-refractivity contribution in [3.8, 4) is 16.9 Å². The molecule has 1 aliphatic heterocycles. The third-order valence-corrected chi connectivity index (χ3v) is 4.49. The summed E-state index contributed by atoms with van der Waals surface area (Å²) in [6.07, 6.45) is 2.79. The lowest BCUT2D eigenvalue weighted by Gasteiger charge is -2.12. The molecule has 4 rings (SSSR count). The van der Waals surface area contributed by atoms with Crippen molar-refractivity contribution in [1.29, 1.82) is 0 Å². The number of benzene rings is 2. The SMILES string of the molecule is O=c1[nH]cc(-c2ccccc2)cc1CNCC1Cc2ccccc2O1. The Balaban J connectivity index is 1.39. The number of nitrogens with one attached hydrogen (secondary N) is 2. The lowest BCUT2D eigenvalue weighted by atomic mass is 10.1. The number of hydrogen-bond donors (Lipinski definition) is 2. The summed E-state index contributed by atoms with van der Waals surface area (Å²) >= 11 is 0. The monoisotopic (exact) mass is 332 g/mol. The van der Waals surface area contributed by atoms with Crippen LogP contribution in [0.15, 0.2) is 71.7 Å². The molecule has 0 fully saturated rings. The zero-order valence-corrected chi connectivity index (χ0v) is 13.9. The van der Waals surface area contributed by atoms with E-state index in [1.807, 2.05) is 54.6 Å². The first-order valence-electron chi connectivity index (χ1n) is 8.52. The minimum Gasteiger partial charge on any atom is -0.488 e. The van der Waals surface area contributed by atoms with Crippen LogP contribution in [0.2, 0.25) is 0 Å². The summed E-state index contributed by atoms with van der Waals surface area (Å²) in [5, 5.41) is 3.35. The molecule has 0 spiro atoms. The van der Waals surface area contributed by atoms with E-state index in [1.54, 1.807) is 6.20 Å². The van der Waals surface area contributed by atoms with Crippen molar-refractivity contribution in [3.05, 3.63) is 88.3 Å². The van der Waals surface area contributed by atoms with Gasteiger partial charge in [-0.3, -0.25) is 4.79 Å². The predicted molar refractivity (Wildman–Crippen MR) is 98.8 cm³/mol. The molecule has 25 heavy (non-hydrogen) atoms. The van der Waals surface area contributed by atoms with Crippen molar-refractivity contribution < 1.29 is 4.74 Å². The topological polar surface area (TPSA) is 54.1 Å². The predicted octanol–water partition coefficient (Wildman–Crippen LogP) is 3.14. The van der Waals surface area contributed by atoms with Gasteiger partial charge in [0.1, 0.15) is 11.9 Å². The first kappa shape index (κ1) is 15.7. The van der Waals surface area contributed by atoms with E-state index in [-0.39, 0.29) is 11.7 Å². The Kier molecular flexibility index (Phi) is 4.36. The van der Waals surface area contributed by atoms with Crippen molar-refractivity contribution in [3.63, 3.8) is 0 Å². The van der Waals surface area contributed by atoms with E-state index in [4.69, 9.17) is 4.74 Å². The Morgan fingerprint density at radius 2 is 1.84 bits per heavy atom. The Morgan fingerprint density at radius 1 is 1.04 bits per heavy atom. The molecule has 0 bridgehead atoms. The molecule has 4 nitrogen and oxygen atoms in total. The molecule has 4 heteroatoms. The van der Waals surface area contributed by atoms with Crippen molar-refractivity contribution in [1.82, 2.24) is 10.3 Å². The van der Waals surface area contributed by atoms with E-state index in [1.165, 1.54) is 5.56 Å². The zero-order valence-electron chi connectivity index (χ0n) is 13.9. The van der Waals surface area contributed by atoms with Gasteiger partial charge in [0.2, 0.25) is 0 Å². The number of ether oxygens (including phenoxy) is 1. The first-order chi connectivity index (χ1) is 12.3. The van der Waals surface area contributed by atoms with Gasteiger partial charge in [0.25, 0.3) is 5.56 Å². The maximum Gasteiger partial charge on any atom is 0.252 e. The lowest BCUT2D eigenvalue weighted by molar-refractivity contribution is 0.227. The fourth-order valence-corrected chi connectivity index (χ4v) is 3.20. The van der Waals surface area contributed by atoms with E-state index in [0.717, 1.165) is 28.9 Å². The molecule has 0 saturated carbocycles. The van der Waals surface area contributed by atoms with E-state index >= 15 is 0 Å². The largest absolute Gasteiger partial charge is 0.488 e. The van der Waals surface area contributed by atoms with Gasteiger partial charge >= 0.3 is 0 Å². The standard InChI is InChI=1S/C21H20N2O2/c24-21-18(10-17(13-23-21)15-6-2-1-3-7-15)12-22-14-19-11-16-8-4-5-9-20(16)25-19/h1-10,13,19,22H,11-12,14H2,(H,23,24). The Labute approximate surface area is 146 Å². The quantitative estimate of drug-likeness (QED) is 0.755. The number of aromatic nitrogens is 1. The highest BCUT2D eigenvalue weighted by molar-refractivity contribution is 5.62. The molecule has 1 aliphatic rings. The molecular weight excluding hydrogens is 312 g/mol. The summed E-state index contributed by atoms with van der Waals surface area (Å²) < 4.78 is 5.92. The third kappa shape index (κ3) is 3.49. The summed E-state index contributed by atoms with van der Waals surface area (Å²) in [7, 11) is 0. The highest BCUT2D eigenvalue weighted by Crippen LogP contribution is 2.27. The van der Waals surface area contributed by atoms with Crippen LogP contribution in [0.25, 0.3) is 11.1 Å². The molecule has 0 radical (unpaired) electrons. The van der Waals surface area contributed by atoms with Crippen molar-refractivity contribution >= 4 is 0 Å². The van der Waals surface area contributed by atoms with E-state index in [9.17, 15) is 4.79 Å². The lowest BCUT2D eigenvalue weighted by Crippen LogP contribution is -2.31. The number of fused-ring (bicyclic) bond motifs is 1. The second-order valence-electron chi connectivity index (χ2n) is 6.29. The van der Waals surface area contributed by atoms with Gasteiger partial charge in [0, 0.05) is 31.3 Å².